The molecule has 5 heteroatoms. The highest BCUT2D eigenvalue weighted by Gasteiger charge is 2.24. The Kier molecular flexibility index (Phi) is 4.27. The molecular formula is C15H20N2O3. The predicted molar refractivity (Wildman–Crippen MR) is 75.5 cm³/mol. The van der Waals surface area contributed by atoms with Crippen LogP contribution < -0.4 is 5.32 Å². The van der Waals surface area contributed by atoms with Crippen LogP contribution in [0.15, 0.2) is 18.2 Å². The number of hydrogen-bond donors (Lipinski definition) is 2. The molecule has 108 valence electrons. The molecule has 5 nitrogen and oxygen atoms in total. The van der Waals surface area contributed by atoms with Crippen molar-refractivity contribution in [2.75, 3.05) is 6.54 Å². The summed E-state index contributed by atoms with van der Waals surface area (Å²) in [7, 11) is 0. The Balaban J connectivity index is 1.98. The number of carboxylic acid groups (broad SMARTS) is 1. The molecule has 2 rings (SSSR count). The molecule has 0 saturated carbocycles. The Morgan fingerprint density at radius 3 is 2.70 bits per heavy atom. The Hall–Kier alpha value is -2.04. The maximum Gasteiger partial charge on any atom is 0.335 e. The summed E-state index contributed by atoms with van der Waals surface area (Å²) in [6.45, 7) is 5.88. The fourth-order valence-corrected chi connectivity index (χ4v) is 2.19. The second-order valence-corrected chi connectivity index (χ2v) is 5.34. The molecule has 1 aliphatic heterocycles. The molecule has 1 aromatic carbocycles. The van der Waals surface area contributed by atoms with Gasteiger partial charge in [-0.1, -0.05) is 26.3 Å². The third-order valence-electron chi connectivity index (χ3n) is 3.76. The summed E-state index contributed by atoms with van der Waals surface area (Å²) < 4.78 is 0. The Morgan fingerprint density at radius 2 is 2.05 bits per heavy atom. The van der Waals surface area contributed by atoms with Crippen molar-refractivity contribution in [3.63, 3.8) is 0 Å². The number of carbonyl (C=O) groups excluding carboxylic acids is 1. The van der Waals surface area contributed by atoms with Gasteiger partial charge in [-0.15, -0.1) is 0 Å². The van der Waals surface area contributed by atoms with Gasteiger partial charge in [-0.25, -0.2) is 9.59 Å². The minimum atomic E-state index is -0.938. The summed E-state index contributed by atoms with van der Waals surface area (Å²) in [5, 5.41) is 11.9. The normalized spacial score (nSPS) is 14.8. The van der Waals surface area contributed by atoms with Gasteiger partial charge in [0.25, 0.3) is 0 Å². The van der Waals surface area contributed by atoms with Crippen LogP contribution in [0.1, 0.15) is 41.8 Å². The van der Waals surface area contributed by atoms with E-state index < -0.39 is 5.97 Å². The summed E-state index contributed by atoms with van der Waals surface area (Å²) in [5.41, 5.74) is 2.21. The number of carbonyl (C=O) groups is 2. The van der Waals surface area contributed by atoms with Gasteiger partial charge >= 0.3 is 12.0 Å². The van der Waals surface area contributed by atoms with E-state index in [0.717, 1.165) is 17.5 Å². The van der Waals surface area contributed by atoms with Crippen LogP contribution in [-0.2, 0) is 13.1 Å². The molecule has 0 aliphatic carbocycles. The quantitative estimate of drug-likeness (QED) is 0.887. The molecule has 1 unspecified atom stereocenters. The minimum absolute atomic E-state index is 0.0848. The third kappa shape index (κ3) is 3.10. The summed E-state index contributed by atoms with van der Waals surface area (Å²) in [4.78, 5) is 24.7. The van der Waals surface area contributed by atoms with Gasteiger partial charge in [-0.2, -0.15) is 0 Å². The van der Waals surface area contributed by atoms with Crippen molar-refractivity contribution in [3.8, 4) is 0 Å². The van der Waals surface area contributed by atoms with E-state index in [1.807, 2.05) is 0 Å². The number of urea groups is 1. The largest absolute Gasteiger partial charge is 0.478 e. The molecule has 0 saturated heterocycles. The zero-order chi connectivity index (χ0) is 14.7. The number of aromatic carboxylic acids is 1. The molecule has 1 heterocycles. The van der Waals surface area contributed by atoms with Crippen molar-refractivity contribution in [2.45, 2.75) is 33.4 Å². The first-order chi connectivity index (χ1) is 9.51. The SMILES string of the molecule is CCC(C)CNC(=O)N1Cc2ccc(C(=O)O)cc2C1. The topological polar surface area (TPSA) is 69.6 Å². The first-order valence-corrected chi connectivity index (χ1v) is 6.89. The van der Waals surface area contributed by atoms with Gasteiger partial charge in [-0.3, -0.25) is 0 Å². The molecular weight excluding hydrogens is 256 g/mol. The van der Waals surface area contributed by atoms with Crippen molar-refractivity contribution < 1.29 is 14.7 Å². The Bertz CT molecular complexity index is 528. The first-order valence-electron chi connectivity index (χ1n) is 6.89. The summed E-state index contributed by atoms with van der Waals surface area (Å²) >= 11 is 0. The van der Waals surface area contributed by atoms with Crippen molar-refractivity contribution in [1.82, 2.24) is 10.2 Å². The third-order valence-corrected chi connectivity index (χ3v) is 3.76. The van der Waals surface area contributed by atoms with Crippen LogP contribution in [0.2, 0.25) is 0 Å². The van der Waals surface area contributed by atoms with Gasteiger partial charge in [0.05, 0.1) is 5.56 Å². The van der Waals surface area contributed by atoms with Crippen LogP contribution in [-0.4, -0.2) is 28.6 Å². The van der Waals surface area contributed by atoms with Gasteiger partial charge in [0.1, 0.15) is 0 Å². The highest BCUT2D eigenvalue weighted by molar-refractivity contribution is 5.88. The lowest BCUT2D eigenvalue weighted by molar-refractivity contribution is 0.0696. The van der Waals surface area contributed by atoms with Gasteiger partial charge < -0.3 is 15.3 Å². The van der Waals surface area contributed by atoms with Crippen LogP contribution in [0.4, 0.5) is 4.79 Å². The second kappa shape index (κ2) is 5.94. The van der Waals surface area contributed by atoms with E-state index in [1.54, 1.807) is 23.1 Å². The lowest BCUT2D eigenvalue weighted by Gasteiger charge is -2.18. The molecule has 2 N–H and O–H groups in total. The smallest absolute Gasteiger partial charge is 0.335 e. The number of nitrogens with one attached hydrogen (secondary N) is 1. The molecule has 0 spiro atoms. The molecule has 1 atom stereocenters. The number of hydrogen-bond acceptors (Lipinski definition) is 2. The number of benzene rings is 1. The molecule has 0 bridgehead atoms. The van der Waals surface area contributed by atoms with E-state index in [0.29, 0.717) is 25.6 Å². The van der Waals surface area contributed by atoms with Crippen molar-refractivity contribution >= 4 is 12.0 Å². The van der Waals surface area contributed by atoms with Crippen molar-refractivity contribution in [3.05, 3.63) is 34.9 Å². The molecule has 2 amide bonds. The monoisotopic (exact) mass is 276 g/mol. The zero-order valence-corrected chi connectivity index (χ0v) is 11.8. The summed E-state index contributed by atoms with van der Waals surface area (Å²) in [5.74, 6) is -0.477. The van der Waals surface area contributed by atoms with Crippen LogP contribution in [0.25, 0.3) is 0 Å². The maximum atomic E-state index is 12.1. The first kappa shape index (κ1) is 14.4. The zero-order valence-electron chi connectivity index (χ0n) is 11.8. The summed E-state index contributed by atoms with van der Waals surface area (Å²) in [6, 6.07) is 4.95. The van der Waals surface area contributed by atoms with Crippen LogP contribution >= 0.6 is 0 Å². The molecule has 0 radical (unpaired) electrons. The molecule has 1 aliphatic rings. The van der Waals surface area contributed by atoms with Gasteiger partial charge in [0.2, 0.25) is 0 Å². The van der Waals surface area contributed by atoms with Crippen molar-refractivity contribution in [2.24, 2.45) is 5.92 Å². The number of fused-ring (bicyclic) bond motifs is 1. The van der Waals surface area contributed by atoms with Crippen molar-refractivity contribution in [1.29, 1.82) is 0 Å². The number of amides is 2. The van der Waals surface area contributed by atoms with Gasteiger partial charge in [-0.05, 0) is 29.2 Å². The lowest BCUT2D eigenvalue weighted by atomic mass is 10.1. The number of carboxylic acids is 1. The Morgan fingerprint density at radius 1 is 1.35 bits per heavy atom. The highest BCUT2D eigenvalue weighted by Crippen LogP contribution is 2.23. The molecule has 1 aromatic rings. The standard InChI is InChI=1S/C15H20N2O3/c1-3-10(2)7-16-15(20)17-8-12-5-4-11(14(18)19)6-13(12)9-17/h4-6,10H,3,7-9H2,1-2H3,(H,16,20)(H,18,19). The van der Waals surface area contributed by atoms with E-state index in [-0.39, 0.29) is 11.6 Å². The average Bonchev–Trinajstić information content (AvgIpc) is 2.87. The maximum absolute atomic E-state index is 12.1. The van der Waals surface area contributed by atoms with Crippen LogP contribution in [0.5, 0.6) is 0 Å². The highest BCUT2D eigenvalue weighted by atomic mass is 16.4. The lowest BCUT2D eigenvalue weighted by Crippen LogP contribution is -2.38. The second-order valence-electron chi connectivity index (χ2n) is 5.34. The van der Waals surface area contributed by atoms with E-state index in [4.69, 9.17) is 5.11 Å². The molecule has 0 fully saturated rings. The number of nitrogens with zero attached hydrogens (tertiary/aromatic N) is 1. The van der Waals surface area contributed by atoms with Gasteiger partial charge in [0, 0.05) is 19.6 Å². The van der Waals surface area contributed by atoms with Gasteiger partial charge in [0.15, 0.2) is 0 Å². The number of rotatable bonds is 4. The van der Waals surface area contributed by atoms with E-state index >= 15 is 0 Å². The predicted octanol–water partition coefficient (Wildman–Crippen LogP) is 2.46. The summed E-state index contributed by atoms with van der Waals surface area (Å²) in [6.07, 6.45) is 1.03. The van der Waals surface area contributed by atoms with E-state index in [2.05, 4.69) is 19.2 Å². The fourth-order valence-electron chi connectivity index (χ4n) is 2.19. The average molecular weight is 276 g/mol. The molecule has 0 aromatic heterocycles. The molecule has 20 heavy (non-hydrogen) atoms. The minimum Gasteiger partial charge on any atom is -0.478 e. The van der Waals surface area contributed by atoms with E-state index in [9.17, 15) is 9.59 Å². The van der Waals surface area contributed by atoms with E-state index in [1.165, 1.54) is 0 Å². The van der Waals surface area contributed by atoms with Crippen LogP contribution in [0.3, 0.4) is 0 Å². The van der Waals surface area contributed by atoms with Crippen LogP contribution in [0, 0.1) is 5.92 Å². The fraction of sp³-hybridized carbons (Fsp3) is 0.467. The Labute approximate surface area is 118 Å².